The Hall–Kier alpha value is -0.610. The van der Waals surface area contributed by atoms with Crippen LogP contribution in [0.3, 0.4) is 0 Å². The first kappa shape index (κ1) is 16.4. The Morgan fingerprint density at radius 1 is 1.35 bits per heavy atom. The van der Waals surface area contributed by atoms with Gasteiger partial charge in [-0.3, -0.25) is 9.69 Å². The Bertz CT molecular complexity index is 208. The Labute approximate surface area is 106 Å². The number of likely N-dealkylation sites (N-methyl/N-ethyl adjacent to an activating group) is 1. The lowest BCUT2D eigenvalue weighted by atomic mass is 10.1. The number of nitrogens with one attached hydrogen (secondary N) is 1. The van der Waals surface area contributed by atoms with Gasteiger partial charge in [-0.25, -0.2) is 0 Å². The number of ether oxygens (including phenoxy) is 1. The maximum atomic E-state index is 11.8. The van der Waals surface area contributed by atoms with Crippen LogP contribution in [0.15, 0.2) is 0 Å². The molecule has 0 heterocycles. The lowest BCUT2D eigenvalue weighted by Gasteiger charge is -2.23. The van der Waals surface area contributed by atoms with Gasteiger partial charge in [0.05, 0.1) is 6.04 Å². The maximum absolute atomic E-state index is 11.8. The van der Waals surface area contributed by atoms with Gasteiger partial charge in [0.15, 0.2) is 0 Å². The molecule has 0 saturated heterocycles. The molecule has 0 aromatic rings. The molecule has 0 saturated carbocycles. The molecule has 0 bridgehead atoms. The molecule has 0 radical (unpaired) electrons. The lowest BCUT2D eigenvalue weighted by Crippen LogP contribution is -2.44. The van der Waals surface area contributed by atoms with Crippen LogP contribution in [0.5, 0.6) is 0 Å². The third-order valence-corrected chi connectivity index (χ3v) is 2.92. The maximum Gasteiger partial charge on any atom is 0.237 e. The van der Waals surface area contributed by atoms with E-state index in [0.29, 0.717) is 5.92 Å². The standard InChI is InChI=1S/C13H28N2O2/c1-11(2)7-8-14-13(16)12(3)15(4)9-6-10-17-5/h11-12H,6-10H2,1-5H3,(H,14,16). The molecule has 1 atom stereocenters. The first-order valence-electron chi connectivity index (χ1n) is 6.46. The third-order valence-electron chi connectivity index (χ3n) is 2.92. The molecule has 0 spiro atoms. The zero-order valence-electron chi connectivity index (χ0n) is 12.0. The third kappa shape index (κ3) is 8.16. The summed E-state index contributed by atoms with van der Waals surface area (Å²) in [5, 5.41) is 2.97. The molecule has 0 aliphatic heterocycles. The monoisotopic (exact) mass is 244 g/mol. The van der Waals surface area contributed by atoms with Crippen molar-refractivity contribution >= 4 is 5.91 Å². The van der Waals surface area contributed by atoms with Gasteiger partial charge in [0.25, 0.3) is 0 Å². The molecular formula is C13H28N2O2. The molecule has 0 aliphatic rings. The summed E-state index contributed by atoms with van der Waals surface area (Å²) in [5.41, 5.74) is 0. The van der Waals surface area contributed by atoms with Crippen molar-refractivity contribution in [3.8, 4) is 0 Å². The first-order chi connectivity index (χ1) is 7.99. The molecule has 1 unspecified atom stereocenters. The summed E-state index contributed by atoms with van der Waals surface area (Å²) in [6.45, 7) is 8.65. The summed E-state index contributed by atoms with van der Waals surface area (Å²) in [5.74, 6) is 0.746. The van der Waals surface area contributed by atoms with Gasteiger partial charge < -0.3 is 10.1 Å². The van der Waals surface area contributed by atoms with Crippen LogP contribution < -0.4 is 5.32 Å². The topological polar surface area (TPSA) is 41.6 Å². The number of hydrogen-bond donors (Lipinski definition) is 1. The quantitative estimate of drug-likeness (QED) is 0.625. The Morgan fingerprint density at radius 3 is 2.53 bits per heavy atom. The lowest BCUT2D eigenvalue weighted by molar-refractivity contribution is -0.125. The largest absolute Gasteiger partial charge is 0.385 e. The highest BCUT2D eigenvalue weighted by atomic mass is 16.5. The van der Waals surface area contributed by atoms with Crippen molar-refractivity contribution in [3.05, 3.63) is 0 Å². The van der Waals surface area contributed by atoms with Crippen LogP contribution in [0.1, 0.15) is 33.6 Å². The molecule has 0 aromatic carbocycles. The fourth-order valence-corrected chi connectivity index (χ4v) is 1.48. The van der Waals surface area contributed by atoms with E-state index in [2.05, 4.69) is 24.1 Å². The van der Waals surface area contributed by atoms with Crippen LogP contribution in [0, 0.1) is 5.92 Å². The van der Waals surface area contributed by atoms with Gasteiger partial charge in [0.1, 0.15) is 0 Å². The molecule has 0 rings (SSSR count). The number of carbonyl (C=O) groups is 1. The van der Waals surface area contributed by atoms with E-state index < -0.39 is 0 Å². The van der Waals surface area contributed by atoms with Crippen molar-refractivity contribution in [2.75, 3.05) is 33.9 Å². The minimum atomic E-state index is -0.0704. The fraction of sp³-hybridized carbons (Fsp3) is 0.923. The van der Waals surface area contributed by atoms with E-state index in [1.807, 2.05) is 14.0 Å². The summed E-state index contributed by atoms with van der Waals surface area (Å²) < 4.78 is 5.00. The normalized spacial score (nSPS) is 13.1. The SMILES string of the molecule is COCCCN(C)C(C)C(=O)NCCC(C)C. The predicted molar refractivity (Wildman–Crippen MR) is 71.0 cm³/mol. The highest BCUT2D eigenvalue weighted by molar-refractivity contribution is 5.81. The Morgan fingerprint density at radius 2 is 2.00 bits per heavy atom. The summed E-state index contributed by atoms with van der Waals surface area (Å²) in [6, 6.07) is -0.0704. The van der Waals surface area contributed by atoms with Crippen molar-refractivity contribution in [2.45, 2.75) is 39.7 Å². The van der Waals surface area contributed by atoms with E-state index in [4.69, 9.17) is 4.74 Å². The van der Waals surface area contributed by atoms with Crippen LogP contribution in [0.4, 0.5) is 0 Å². The second-order valence-electron chi connectivity index (χ2n) is 4.98. The van der Waals surface area contributed by atoms with E-state index in [-0.39, 0.29) is 11.9 Å². The second kappa shape index (κ2) is 9.42. The zero-order chi connectivity index (χ0) is 13.3. The first-order valence-corrected chi connectivity index (χ1v) is 6.46. The Kier molecular flexibility index (Phi) is 9.09. The van der Waals surface area contributed by atoms with Crippen molar-refractivity contribution in [1.82, 2.24) is 10.2 Å². The smallest absolute Gasteiger partial charge is 0.237 e. The van der Waals surface area contributed by atoms with E-state index in [9.17, 15) is 4.79 Å². The van der Waals surface area contributed by atoms with E-state index >= 15 is 0 Å². The van der Waals surface area contributed by atoms with Crippen LogP contribution in [0.25, 0.3) is 0 Å². The van der Waals surface area contributed by atoms with Gasteiger partial charge in [-0.1, -0.05) is 13.8 Å². The van der Waals surface area contributed by atoms with E-state index in [1.54, 1.807) is 7.11 Å². The molecule has 0 fully saturated rings. The molecule has 17 heavy (non-hydrogen) atoms. The van der Waals surface area contributed by atoms with Gasteiger partial charge in [0, 0.05) is 26.8 Å². The molecule has 0 aromatic heterocycles. The van der Waals surface area contributed by atoms with Crippen LogP contribution in [-0.4, -0.2) is 50.7 Å². The molecule has 1 amide bonds. The molecule has 4 heteroatoms. The summed E-state index contributed by atoms with van der Waals surface area (Å²) in [4.78, 5) is 13.9. The van der Waals surface area contributed by atoms with Gasteiger partial charge in [-0.05, 0) is 32.7 Å². The highest BCUT2D eigenvalue weighted by Gasteiger charge is 2.16. The van der Waals surface area contributed by atoms with Crippen molar-refractivity contribution < 1.29 is 9.53 Å². The number of methoxy groups -OCH3 is 1. The average molecular weight is 244 g/mol. The molecule has 0 aliphatic carbocycles. The predicted octanol–water partition coefficient (Wildman–Crippen LogP) is 1.51. The molecule has 1 N–H and O–H groups in total. The number of rotatable bonds is 9. The molecule has 102 valence electrons. The van der Waals surface area contributed by atoms with Crippen molar-refractivity contribution in [2.24, 2.45) is 5.92 Å². The van der Waals surface area contributed by atoms with Gasteiger partial charge in [-0.2, -0.15) is 0 Å². The van der Waals surface area contributed by atoms with E-state index in [0.717, 1.165) is 32.5 Å². The van der Waals surface area contributed by atoms with Crippen LogP contribution >= 0.6 is 0 Å². The second-order valence-corrected chi connectivity index (χ2v) is 4.98. The highest BCUT2D eigenvalue weighted by Crippen LogP contribution is 2.00. The molecular weight excluding hydrogens is 216 g/mol. The number of hydrogen-bond acceptors (Lipinski definition) is 3. The van der Waals surface area contributed by atoms with Crippen molar-refractivity contribution in [3.63, 3.8) is 0 Å². The van der Waals surface area contributed by atoms with Gasteiger partial charge in [-0.15, -0.1) is 0 Å². The number of nitrogens with zero attached hydrogens (tertiary/aromatic N) is 1. The van der Waals surface area contributed by atoms with Gasteiger partial charge >= 0.3 is 0 Å². The summed E-state index contributed by atoms with van der Waals surface area (Å²) in [7, 11) is 3.67. The minimum Gasteiger partial charge on any atom is -0.385 e. The Balaban J connectivity index is 3.78. The van der Waals surface area contributed by atoms with Crippen molar-refractivity contribution in [1.29, 1.82) is 0 Å². The molecule has 4 nitrogen and oxygen atoms in total. The van der Waals surface area contributed by atoms with Crippen LogP contribution in [0.2, 0.25) is 0 Å². The zero-order valence-corrected chi connectivity index (χ0v) is 12.0. The minimum absolute atomic E-state index is 0.0704. The fourth-order valence-electron chi connectivity index (χ4n) is 1.48. The van der Waals surface area contributed by atoms with Crippen LogP contribution in [-0.2, 0) is 9.53 Å². The van der Waals surface area contributed by atoms with Gasteiger partial charge in [0.2, 0.25) is 5.91 Å². The number of amides is 1. The summed E-state index contributed by atoms with van der Waals surface area (Å²) in [6.07, 6.45) is 1.99. The average Bonchev–Trinajstić information content (AvgIpc) is 2.27. The summed E-state index contributed by atoms with van der Waals surface area (Å²) >= 11 is 0. The number of carbonyl (C=O) groups excluding carboxylic acids is 1. The van der Waals surface area contributed by atoms with E-state index in [1.165, 1.54) is 0 Å².